The summed E-state index contributed by atoms with van der Waals surface area (Å²) < 4.78 is 0. The molecule has 14 heavy (non-hydrogen) atoms. The van der Waals surface area contributed by atoms with E-state index in [9.17, 15) is 4.79 Å². The van der Waals surface area contributed by atoms with E-state index < -0.39 is 0 Å². The third-order valence-electron chi connectivity index (χ3n) is 2.15. The molecule has 1 N–H and O–H groups in total. The number of hydrogen-bond acceptors (Lipinski definition) is 1. The molecule has 1 heterocycles. The summed E-state index contributed by atoms with van der Waals surface area (Å²) in [5.41, 5.74) is 0.929. The molecule has 2 aromatic rings. The zero-order valence-electron chi connectivity index (χ0n) is 7.58. The second kappa shape index (κ2) is 3.39. The van der Waals surface area contributed by atoms with E-state index in [4.69, 9.17) is 6.42 Å². The standard InChI is InChI=1S/C12H9NO/c1-2-3-9-4-5-10-6-7-13-12(14)11(10)8-9/h1,4-8H,3H2,(H,13,14). The fraction of sp³-hybridized carbons (Fsp3) is 0.0833. The maximum Gasteiger partial charge on any atom is 0.255 e. The van der Waals surface area contributed by atoms with Gasteiger partial charge in [0.2, 0.25) is 0 Å². The van der Waals surface area contributed by atoms with Gasteiger partial charge in [-0.1, -0.05) is 12.1 Å². The van der Waals surface area contributed by atoms with E-state index in [1.54, 1.807) is 6.20 Å². The van der Waals surface area contributed by atoms with Crippen molar-refractivity contribution in [2.75, 3.05) is 0 Å². The summed E-state index contributed by atoms with van der Waals surface area (Å²) in [5, 5.41) is 1.63. The Labute approximate surface area is 81.6 Å². The van der Waals surface area contributed by atoms with Gasteiger partial charge in [-0.05, 0) is 23.1 Å². The first-order valence-electron chi connectivity index (χ1n) is 4.35. The summed E-state index contributed by atoms with van der Waals surface area (Å²) in [6.07, 6.45) is 7.41. The van der Waals surface area contributed by atoms with Crippen LogP contribution in [0.2, 0.25) is 0 Å². The summed E-state index contributed by atoms with van der Waals surface area (Å²) in [6.45, 7) is 0. The van der Waals surface area contributed by atoms with E-state index in [0.29, 0.717) is 11.8 Å². The van der Waals surface area contributed by atoms with Gasteiger partial charge < -0.3 is 4.98 Å². The second-order valence-electron chi connectivity index (χ2n) is 3.11. The molecule has 0 bridgehead atoms. The first-order valence-corrected chi connectivity index (χ1v) is 4.35. The molecule has 0 unspecified atom stereocenters. The summed E-state index contributed by atoms with van der Waals surface area (Å²) in [6, 6.07) is 7.57. The molecule has 0 aliphatic rings. The van der Waals surface area contributed by atoms with E-state index in [-0.39, 0.29) is 5.56 Å². The molecule has 0 atom stereocenters. The lowest BCUT2D eigenvalue weighted by atomic mass is 10.1. The smallest absolute Gasteiger partial charge is 0.255 e. The molecule has 1 aromatic heterocycles. The molecular formula is C12H9NO. The van der Waals surface area contributed by atoms with Crippen LogP contribution in [0.15, 0.2) is 35.3 Å². The zero-order chi connectivity index (χ0) is 9.97. The summed E-state index contributed by atoms with van der Waals surface area (Å²) in [7, 11) is 0. The zero-order valence-corrected chi connectivity index (χ0v) is 7.58. The average Bonchev–Trinajstić information content (AvgIpc) is 2.20. The molecule has 0 radical (unpaired) electrons. The molecule has 0 saturated heterocycles. The average molecular weight is 183 g/mol. The van der Waals surface area contributed by atoms with Crippen molar-refractivity contribution in [3.8, 4) is 12.3 Å². The number of pyridine rings is 1. The number of fused-ring (bicyclic) bond motifs is 1. The van der Waals surface area contributed by atoms with Crippen LogP contribution in [0, 0.1) is 12.3 Å². The van der Waals surface area contributed by atoms with E-state index in [1.807, 2.05) is 24.3 Å². The fourth-order valence-electron chi connectivity index (χ4n) is 1.46. The van der Waals surface area contributed by atoms with Gasteiger partial charge in [0.15, 0.2) is 0 Å². The topological polar surface area (TPSA) is 32.9 Å². The normalized spacial score (nSPS) is 9.93. The van der Waals surface area contributed by atoms with Gasteiger partial charge in [-0.25, -0.2) is 0 Å². The Morgan fingerprint density at radius 2 is 2.21 bits per heavy atom. The number of benzene rings is 1. The molecule has 2 rings (SSSR count). The molecule has 0 spiro atoms. The highest BCUT2D eigenvalue weighted by atomic mass is 16.1. The quantitative estimate of drug-likeness (QED) is 0.671. The van der Waals surface area contributed by atoms with Crippen LogP contribution in [0.3, 0.4) is 0 Å². The second-order valence-corrected chi connectivity index (χ2v) is 3.11. The van der Waals surface area contributed by atoms with Crippen LogP contribution in [0.4, 0.5) is 0 Å². The lowest BCUT2D eigenvalue weighted by Crippen LogP contribution is -2.04. The van der Waals surface area contributed by atoms with Crippen molar-refractivity contribution in [3.05, 3.63) is 46.4 Å². The number of nitrogens with one attached hydrogen (secondary N) is 1. The van der Waals surface area contributed by atoms with Gasteiger partial charge in [0.1, 0.15) is 0 Å². The van der Waals surface area contributed by atoms with Crippen molar-refractivity contribution < 1.29 is 0 Å². The Kier molecular flexibility index (Phi) is 2.08. The van der Waals surface area contributed by atoms with Crippen LogP contribution in [0.5, 0.6) is 0 Å². The van der Waals surface area contributed by atoms with Crippen LogP contribution in [0.25, 0.3) is 10.8 Å². The molecule has 0 aliphatic heterocycles. The fourth-order valence-corrected chi connectivity index (χ4v) is 1.46. The largest absolute Gasteiger partial charge is 0.329 e. The number of aromatic amines is 1. The third-order valence-corrected chi connectivity index (χ3v) is 2.15. The maximum atomic E-state index is 11.4. The SMILES string of the molecule is C#CCc1ccc2cc[nH]c(=O)c2c1. The van der Waals surface area contributed by atoms with E-state index >= 15 is 0 Å². The third kappa shape index (κ3) is 1.40. The molecule has 1 aromatic carbocycles. The van der Waals surface area contributed by atoms with E-state index in [2.05, 4.69) is 10.9 Å². The molecular weight excluding hydrogens is 174 g/mol. The highest BCUT2D eigenvalue weighted by Gasteiger charge is 1.98. The number of H-pyrrole nitrogens is 1. The summed E-state index contributed by atoms with van der Waals surface area (Å²) in [5.74, 6) is 2.56. The van der Waals surface area contributed by atoms with Crippen molar-refractivity contribution in [2.24, 2.45) is 0 Å². The van der Waals surface area contributed by atoms with Crippen LogP contribution in [-0.4, -0.2) is 4.98 Å². The Balaban J connectivity index is 2.71. The molecule has 0 fully saturated rings. The molecule has 0 saturated carbocycles. The monoisotopic (exact) mass is 183 g/mol. The van der Waals surface area contributed by atoms with Gasteiger partial charge in [0.05, 0.1) is 0 Å². The molecule has 0 amide bonds. The van der Waals surface area contributed by atoms with E-state index in [1.165, 1.54) is 0 Å². The minimum absolute atomic E-state index is 0.0682. The summed E-state index contributed by atoms with van der Waals surface area (Å²) >= 11 is 0. The van der Waals surface area contributed by atoms with Crippen LogP contribution in [-0.2, 0) is 6.42 Å². The van der Waals surface area contributed by atoms with Gasteiger partial charge in [0.25, 0.3) is 5.56 Å². The van der Waals surface area contributed by atoms with Gasteiger partial charge in [0, 0.05) is 18.0 Å². The van der Waals surface area contributed by atoms with Crippen LogP contribution >= 0.6 is 0 Å². The first kappa shape index (κ1) is 8.58. The molecule has 68 valence electrons. The predicted molar refractivity (Wildman–Crippen MR) is 57.1 cm³/mol. The first-order chi connectivity index (χ1) is 6.81. The predicted octanol–water partition coefficient (Wildman–Crippen LogP) is 1.70. The summed E-state index contributed by atoms with van der Waals surface area (Å²) in [4.78, 5) is 14.1. The lowest BCUT2D eigenvalue weighted by Gasteiger charge is -1.98. The highest BCUT2D eigenvalue weighted by Crippen LogP contribution is 2.11. The number of hydrogen-bond donors (Lipinski definition) is 1. The van der Waals surface area contributed by atoms with Crippen molar-refractivity contribution in [1.82, 2.24) is 4.98 Å². The number of rotatable bonds is 1. The Morgan fingerprint density at radius 1 is 1.36 bits per heavy atom. The minimum Gasteiger partial charge on any atom is -0.329 e. The van der Waals surface area contributed by atoms with E-state index in [0.717, 1.165) is 10.9 Å². The molecule has 2 nitrogen and oxygen atoms in total. The van der Waals surface area contributed by atoms with Crippen molar-refractivity contribution >= 4 is 10.8 Å². The molecule has 2 heteroatoms. The Bertz CT molecular complexity index is 560. The number of terminal acetylenes is 1. The van der Waals surface area contributed by atoms with Crippen LogP contribution in [0.1, 0.15) is 5.56 Å². The number of aromatic nitrogens is 1. The van der Waals surface area contributed by atoms with Crippen molar-refractivity contribution in [1.29, 1.82) is 0 Å². The highest BCUT2D eigenvalue weighted by molar-refractivity contribution is 5.81. The van der Waals surface area contributed by atoms with Crippen molar-refractivity contribution in [2.45, 2.75) is 6.42 Å². The van der Waals surface area contributed by atoms with Crippen LogP contribution < -0.4 is 5.56 Å². The van der Waals surface area contributed by atoms with Gasteiger partial charge >= 0.3 is 0 Å². The van der Waals surface area contributed by atoms with Gasteiger partial charge in [-0.3, -0.25) is 4.79 Å². The minimum atomic E-state index is -0.0682. The Morgan fingerprint density at radius 3 is 3.00 bits per heavy atom. The van der Waals surface area contributed by atoms with Gasteiger partial charge in [-0.2, -0.15) is 0 Å². The van der Waals surface area contributed by atoms with Crippen molar-refractivity contribution in [3.63, 3.8) is 0 Å². The van der Waals surface area contributed by atoms with Gasteiger partial charge in [-0.15, -0.1) is 12.3 Å². The lowest BCUT2D eigenvalue weighted by molar-refractivity contribution is 1.26. The molecule has 0 aliphatic carbocycles. The maximum absolute atomic E-state index is 11.4. The Hall–Kier alpha value is -2.01.